The van der Waals surface area contributed by atoms with Crippen molar-refractivity contribution in [2.75, 3.05) is 13.3 Å². The quantitative estimate of drug-likeness (QED) is 0.830. The highest BCUT2D eigenvalue weighted by molar-refractivity contribution is 7.98. The lowest BCUT2D eigenvalue weighted by molar-refractivity contribution is 0.203. The topological polar surface area (TPSA) is 38.3 Å². The molecule has 16 heavy (non-hydrogen) atoms. The number of hydrogen-bond acceptors (Lipinski definition) is 3. The smallest absolute Gasteiger partial charge is 0.410 e. The van der Waals surface area contributed by atoms with Crippen LogP contribution in [0.1, 0.15) is 11.1 Å². The minimum absolute atomic E-state index is 0. The van der Waals surface area contributed by atoms with Crippen molar-refractivity contribution >= 4 is 31.4 Å². The van der Waals surface area contributed by atoms with Gasteiger partial charge in [0.1, 0.15) is 5.75 Å². The van der Waals surface area contributed by atoms with E-state index in [4.69, 9.17) is 4.74 Å². The van der Waals surface area contributed by atoms with Crippen LogP contribution in [0.15, 0.2) is 17.0 Å². The fourth-order valence-corrected chi connectivity index (χ4v) is 2.21. The number of hydrogen-bond donors (Lipinski definition) is 1. The van der Waals surface area contributed by atoms with E-state index in [1.165, 1.54) is 11.9 Å². The lowest BCUT2D eigenvalue weighted by Crippen LogP contribution is -2.22. The van der Waals surface area contributed by atoms with E-state index in [9.17, 15) is 4.79 Å². The van der Waals surface area contributed by atoms with Gasteiger partial charge >= 0.3 is 6.09 Å². The second-order valence-corrected chi connectivity index (χ2v) is 4.05. The number of carbonyl (C=O) groups excluding carboxylic acids is 1. The van der Waals surface area contributed by atoms with Crippen LogP contribution in [0.4, 0.5) is 4.79 Å². The maximum atomic E-state index is 11.0. The first-order chi connectivity index (χ1) is 7.08. The number of thioether (sulfide) groups is 1. The lowest BCUT2D eigenvalue weighted by atomic mass is 10.1. The number of aryl methyl sites for hydroxylation is 2. The molecule has 0 fully saturated rings. The van der Waals surface area contributed by atoms with Gasteiger partial charge in [0.05, 0.1) is 0 Å². The second kappa shape index (κ2) is 6.70. The summed E-state index contributed by atoms with van der Waals surface area (Å²) in [5.41, 5.74) is 2.25. The minimum Gasteiger partial charge on any atom is -0.410 e. The van der Waals surface area contributed by atoms with Gasteiger partial charge in [0, 0.05) is 11.9 Å². The summed E-state index contributed by atoms with van der Waals surface area (Å²) < 4.78 is 5.07. The van der Waals surface area contributed by atoms with Gasteiger partial charge in [0.15, 0.2) is 0 Å². The van der Waals surface area contributed by atoms with E-state index in [0.717, 1.165) is 11.1 Å². The summed E-state index contributed by atoms with van der Waals surface area (Å²) in [7, 11) is 1.54. The van der Waals surface area contributed by atoms with Gasteiger partial charge in [-0.1, -0.05) is 0 Å². The van der Waals surface area contributed by atoms with Crippen LogP contribution in [0.5, 0.6) is 5.75 Å². The molecule has 0 aromatic heterocycles. The predicted octanol–water partition coefficient (Wildman–Crippen LogP) is 2.86. The minimum atomic E-state index is -0.439. The first-order valence-electron chi connectivity index (χ1n) is 4.63. The Bertz CT molecular complexity index is 357. The Morgan fingerprint density at radius 3 is 2.19 bits per heavy atom. The van der Waals surface area contributed by atoms with Gasteiger partial charge in [-0.15, -0.1) is 11.8 Å². The third-order valence-corrected chi connectivity index (χ3v) is 3.10. The molecule has 0 unspecified atom stereocenters. The van der Waals surface area contributed by atoms with Gasteiger partial charge in [0.2, 0.25) is 0 Å². The van der Waals surface area contributed by atoms with Crippen molar-refractivity contribution in [1.29, 1.82) is 0 Å². The largest absolute Gasteiger partial charge is 0.412 e. The monoisotopic (exact) mass is 259 g/mol. The number of rotatable bonds is 2. The van der Waals surface area contributed by atoms with Gasteiger partial charge in [-0.05, 0) is 43.4 Å². The van der Waals surface area contributed by atoms with Gasteiger partial charge in [-0.25, -0.2) is 4.79 Å². The highest BCUT2D eigenvalue weighted by atomic mass is 32.2. The molecule has 0 radical (unpaired) electrons. The first-order valence-corrected chi connectivity index (χ1v) is 5.85. The average molecular weight is 259 g/mol. The van der Waals surface area contributed by atoms with Crippen LogP contribution in [0.2, 0.25) is 0 Å². The molecule has 1 aromatic rings. The van der Waals surface area contributed by atoms with Crippen LogP contribution in [0.3, 0.4) is 0 Å². The summed E-state index contributed by atoms with van der Waals surface area (Å²) in [6, 6.07) is 3.74. The molecule has 0 aliphatic heterocycles. The van der Waals surface area contributed by atoms with E-state index >= 15 is 0 Å². The number of ether oxygens (including phenoxy) is 1. The number of amides is 1. The molecule has 5 heteroatoms. The average Bonchev–Trinajstić information content (AvgIpc) is 2.17. The zero-order chi connectivity index (χ0) is 11.4. The highest BCUT2D eigenvalue weighted by Crippen LogP contribution is 2.28. The molecule has 90 valence electrons. The molecule has 0 spiro atoms. The van der Waals surface area contributed by atoms with Crippen LogP contribution in [-0.4, -0.2) is 19.4 Å². The maximum absolute atomic E-state index is 11.0. The molecule has 0 heterocycles. The molecule has 0 saturated carbocycles. The molecular weight excluding hydrogens is 242 g/mol. The number of benzene rings is 1. The standard InChI is InChI=1S/C11H15NO2S.H2S/c1-7-5-9(14-11(13)12-3)6-8(2)10(7)15-4;/h5-6H,1-4H3,(H,12,13);1H2. The van der Waals surface area contributed by atoms with E-state index in [1.807, 2.05) is 32.2 Å². The summed E-state index contributed by atoms with van der Waals surface area (Å²) in [4.78, 5) is 12.3. The van der Waals surface area contributed by atoms with Crippen LogP contribution < -0.4 is 10.1 Å². The van der Waals surface area contributed by atoms with E-state index in [2.05, 4.69) is 5.32 Å². The second-order valence-electron chi connectivity index (χ2n) is 3.23. The van der Waals surface area contributed by atoms with Crippen molar-refractivity contribution in [3.8, 4) is 5.75 Å². The van der Waals surface area contributed by atoms with Crippen LogP contribution in [-0.2, 0) is 0 Å². The maximum Gasteiger partial charge on any atom is 0.412 e. The van der Waals surface area contributed by atoms with Crippen molar-refractivity contribution in [2.45, 2.75) is 18.7 Å². The van der Waals surface area contributed by atoms with Gasteiger partial charge < -0.3 is 10.1 Å². The Kier molecular flexibility index (Phi) is 6.36. The molecule has 1 rings (SSSR count). The Hall–Kier alpha value is -0.810. The number of nitrogens with one attached hydrogen (secondary N) is 1. The Labute approximate surface area is 107 Å². The van der Waals surface area contributed by atoms with Crippen LogP contribution in [0, 0.1) is 13.8 Å². The summed E-state index contributed by atoms with van der Waals surface area (Å²) in [5, 5.41) is 2.41. The molecule has 0 aliphatic rings. The van der Waals surface area contributed by atoms with Gasteiger partial charge in [-0.3, -0.25) is 0 Å². The zero-order valence-electron chi connectivity index (χ0n) is 9.88. The van der Waals surface area contributed by atoms with Gasteiger partial charge in [-0.2, -0.15) is 13.5 Å². The molecule has 0 atom stereocenters. The first kappa shape index (κ1) is 15.2. The molecule has 0 bridgehead atoms. The normalized spacial score (nSPS) is 9.25. The third-order valence-electron chi connectivity index (χ3n) is 2.05. The summed E-state index contributed by atoms with van der Waals surface area (Å²) in [6.07, 6.45) is 1.60. The van der Waals surface area contributed by atoms with Crippen LogP contribution >= 0.6 is 25.3 Å². The van der Waals surface area contributed by atoms with E-state index in [0.29, 0.717) is 5.75 Å². The summed E-state index contributed by atoms with van der Waals surface area (Å²) in [5.74, 6) is 0.585. The zero-order valence-corrected chi connectivity index (χ0v) is 11.7. The Morgan fingerprint density at radius 2 is 1.81 bits per heavy atom. The molecule has 0 aliphatic carbocycles. The molecule has 1 amide bonds. The fraction of sp³-hybridized carbons (Fsp3) is 0.364. The third kappa shape index (κ3) is 3.64. The van der Waals surface area contributed by atoms with Crippen molar-refractivity contribution in [2.24, 2.45) is 0 Å². The molecular formula is C11H17NO2S2. The van der Waals surface area contributed by atoms with Crippen LogP contribution in [0.25, 0.3) is 0 Å². The summed E-state index contributed by atoms with van der Waals surface area (Å²) >= 11 is 1.70. The highest BCUT2D eigenvalue weighted by Gasteiger charge is 2.07. The number of carbonyl (C=O) groups is 1. The molecule has 0 saturated heterocycles. The van der Waals surface area contributed by atoms with Crippen molar-refractivity contribution < 1.29 is 9.53 Å². The Balaban J connectivity index is 0.00000225. The molecule has 1 N–H and O–H groups in total. The Morgan fingerprint density at radius 1 is 1.31 bits per heavy atom. The molecule has 1 aromatic carbocycles. The van der Waals surface area contributed by atoms with Crippen molar-refractivity contribution in [3.05, 3.63) is 23.3 Å². The molecule has 3 nitrogen and oxygen atoms in total. The SMILES string of the molecule is CNC(=O)Oc1cc(C)c(SC)c(C)c1.S. The summed E-state index contributed by atoms with van der Waals surface area (Å²) in [6.45, 7) is 4.02. The fourth-order valence-electron chi connectivity index (χ4n) is 1.45. The lowest BCUT2D eigenvalue weighted by Gasteiger charge is -2.10. The van der Waals surface area contributed by atoms with Crippen molar-refractivity contribution in [1.82, 2.24) is 5.32 Å². The van der Waals surface area contributed by atoms with E-state index in [1.54, 1.807) is 11.8 Å². The van der Waals surface area contributed by atoms with E-state index < -0.39 is 6.09 Å². The van der Waals surface area contributed by atoms with E-state index in [-0.39, 0.29) is 13.5 Å². The van der Waals surface area contributed by atoms with Gasteiger partial charge in [0.25, 0.3) is 0 Å². The van der Waals surface area contributed by atoms with Crippen molar-refractivity contribution in [3.63, 3.8) is 0 Å². The predicted molar refractivity (Wildman–Crippen MR) is 73.2 cm³/mol.